The van der Waals surface area contributed by atoms with E-state index in [4.69, 9.17) is 42.6 Å². The van der Waals surface area contributed by atoms with Crippen molar-refractivity contribution < 1.29 is 113 Å². The SMILES string of the molecule is CNC1C(OC2C(C(=O)NCCc3ccc(O)c(O)c3)OC(OC3C(O)C(CO)OC(OC)C3NC(C)=O)C(O)C2O)OC(CO)C(O)C1OC1OC(C(=O)O)C(OC)C(O)C1O. The van der Waals surface area contributed by atoms with Crippen molar-refractivity contribution in [1.82, 2.24) is 16.0 Å². The Morgan fingerprint density at radius 1 is 0.651 bits per heavy atom. The number of carboxylic acid groups (broad SMARTS) is 1. The summed E-state index contributed by atoms with van der Waals surface area (Å²) in [5.74, 6) is -4.02. The van der Waals surface area contributed by atoms with E-state index in [-0.39, 0.29) is 18.7 Å². The van der Waals surface area contributed by atoms with Gasteiger partial charge in [-0.25, -0.2) is 4.79 Å². The van der Waals surface area contributed by atoms with Gasteiger partial charge >= 0.3 is 5.97 Å². The summed E-state index contributed by atoms with van der Waals surface area (Å²) < 4.78 is 51.1. The molecule has 4 saturated heterocycles. The first-order chi connectivity index (χ1) is 29.9. The van der Waals surface area contributed by atoms with Gasteiger partial charge in [0.15, 0.2) is 48.9 Å². The maximum absolute atomic E-state index is 14.1. The Labute approximate surface area is 359 Å². The minimum atomic E-state index is -2.14. The van der Waals surface area contributed by atoms with E-state index in [0.717, 1.165) is 14.0 Å². The number of benzene rings is 1. The maximum Gasteiger partial charge on any atom is 0.335 e. The maximum atomic E-state index is 14.1. The van der Waals surface area contributed by atoms with E-state index in [1.54, 1.807) is 0 Å². The number of hydrogen-bond acceptors (Lipinski definition) is 23. The zero-order chi connectivity index (χ0) is 46.4. The standard InChI is InChI=1S/C37H57N3O23/c1-12(43)40-19-27(21(47)16(10-41)57-34(19)56-4)60-36-25(51)23(49)29(30(62-36)32(52)39-8-7-13-5-6-14(44)15(45)9-13)61-35-18(38-2)26(20(46)17(11-42)58-35)59-37-24(50)22(48)28(55-3)31(63-37)33(53)54/h5-6,9,16-31,34-38,41-42,44-51H,7-8,10-11H2,1-4H3,(H,39,52)(H,40,43)(H,53,54). The number of aliphatic hydroxyl groups excluding tert-OH is 8. The van der Waals surface area contributed by atoms with Crippen LogP contribution in [0.3, 0.4) is 0 Å². The van der Waals surface area contributed by atoms with E-state index in [1.807, 2.05) is 0 Å². The quantitative estimate of drug-likeness (QED) is 0.0646. The third-order valence-corrected chi connectivity index (χ3v) is 11.1. The van der Waals surface area contributed by atoms with E-state index in [0.29, 0.717) is 5.56 Å². The van der Waals surface area contributed by atoms with Crippen molar-refractivity contribution in [1.29, 1.82) is 0 Å². The molecule has 20 unspecified atom stereocenters. The monoisotopic (exact) mass is 911 g/mol. The van der Waals surface area contributed by atoms with Crippen molar-refractivity contribution in [3.05, 3.63) is 23.8 Å². The summed E-state index contributed by atoms with van der Waals surface area (Å²) in [6, 6.07) is 1.25. The van der Waals surface area contributed by atoms with Crippen LogP contribution in [0.25, 0.3) is 0 Å². The van der Waals surface area contributed by atoms with Gasteiger partial charge in [-0.2, -0.15) is 0 Å². The second-order valence-electron chi connectivity index (χ2n) is 15.2. The van der Waals surface area contributed by atoms with Crippen LogP contribution in [0.2, 0.25) is 0 Å². The highest BCUT2D eigenvalue weighted by Gasteiger charge is 2.57. The summed E-state index contributed by atoms with van der Waals surface area (Å²) in [4.78, 5) is 38.2. The van der Waals surface area contributed by atoms with Crippen molar-refractivity contribution in [2.24, 2.45) is 0 Å². The van der Waals surface area contributed by atoms with Gasteiger partial charge in [-0.3, -0.25) is 9.59 Å². The molecule has 63 heavy (non-hydrogen) atoms. The van der Waals surface area contributed by atoms with Gasteiger partial charge in [-0.1, -0.05) is 6.07 Å². The van der Waals surface area contributed by atoms with Crippen molar-refractivity contribution in [3.8, 4) is 11.5 Å². The van der Waals surface area contributed by atoms with Gasteiger partial charge in [-0.15, -0.1) is 0 Å². The lowest BCUT2D eigenvalue weighted by Crippen LogP contribution is -2.70. The fraction of sp³-hybridized carbons (Fsp3) is 0.757. The number of amides is 2. The molecule has 20 atom stereocenters. The molecule has 358 valence electrons. The average Bonchev–Trinajstić information content (AvgIpc) is 3.25. The van der Waals surface area contributed by atoms with Crippen molar-refractivity contribution in [2.45, 2.75) is 136 Å². The number of aromatic hydroxyl groups is 2. The first-order valence-electron chi connectivity index (χ1n) is 19.8. The Morgan fingerprint density at radius 2 is 1.19 bits per heavy atom. The Kier molecular flexibility index (Phi) is 17.7. The number of phenolic OH excluding ortho intramolecular Hbond substituents is 2. The zero-order valence-corrected chi connectivity index (χ0v) is 34.4. The number of carbonyl (C=O) groups is 3. The third-order valence-electron chi connectivity index (χ3n) is 11.1. The summed E-state index contributed by atoms with van der Waals surface area (Å²) in [5, 5.41) is 125. The molecular formula is C37H57N3O23. The normalized spacial score (nSPS) is 40.8. The molecule has 0 saturated carbocycles. The van der Waals surface area contributed by atoms with Crippen LogP contribution < -0.4 is 16.0 Å². The molecule has 0 aliphatic carbocycles. The highest BCUT2D eigenvalue weighted by atomic mass is 16.8. The molecule has 4 aliphatic heterocycles. The number of likely N-dealkylation sites (N-methyl/N-ethyl adjacent to an activating group) is 1. The molecule has 26 heteroatoms. The largest absolute Gasteiger partial charge is 0.504 e. The van der Waals surface area contributed by atoms with E-state index < -0.39 is 159 Å². The molecule has 5 rings (SSSR count). The van der Waals surface area contributed by atoms with Gasteiger partial charge in [0.05, 0.1) is 19.3 Å². The number of phenols is 2. The number of nitrogens with one attached hydrogen (secondary N) is 3. The molecule has 4 fully saturated rings. The fourth-order valence-electron chi connectivity index (χ4n) is 7.81. The Morgan fingerprint density at radius 3 is 1.70 bits per heavy atom. The first-order valence-corrected chi connectivity index (χ1v) is 19.8. The lowest BCUT2D eigenvalue weighted by molar-refractivity contribution is -0.368. The molecule has 2 amide bonds. The van der Waals surface area contributed by atoms with Crippen LogP contribution in [0, 0.1) is 0 Å². The smallest absolute Gasteiger partial charge is 0.335 e. The van der Waals surface area contributed by atoms with Crippen molar-refractivity contribution in [2.75, 3.05) is 41.0 Å². The number of carbonyl (C=O) groups excluding carboxylic acids is 2. The molecular weight excluding hydrogens is 854 g/mol. The molecule has 1 aromatic rings. The van der Waals surface area contributed by atoms with Crippen LogP contribution in [-0.4, -0.2) is 238 Å². The number of aliphatic carboxylic acids is 1. The second kappa shape index (κ2) is 22.1. The summed E-state index contributed by atoms with van der Waals surface area (Å²) in [6.45, 7) is -0.671. The number of methoxy groups -OCH3 is 2. The first kappa shape index (κ1) is 50.5. The van der Waals surface area contributed by atoms with E-state index in [1.165, 1.54) is 32.4 Å². The Hall–Kier alpha value is -3.49. The Bertz CT molecular complexity index is 1680. The minimum absolute atomic E-state index is 0.0802. The lowest BCUT2D eigenvalue weighted by atomic mass is 9.94. The van der Waals surface area contributed by atoms with Gasteiger partial charge in [0.25, 0.3) is 5.91 Å². The minimum Gasteiger partial charge on any atom is -0.504 e. The van der Waals surface area contributed by atoms with Crippen LogP contribution in [0.4, 0.5) is 0 Å². The molecule has 0 aromatic heterocycles. The van der Waals surface area contributed by atoms with Gasteiger partial charge in [0.2, 0.25) is 5.91 Å². The molecule has 0 spiro atoms. The van der Waals surface area contributed by atoms with Crippen LogP contribution >= 0.6 is 0 Å². The highest BCUT2D eigenvalue weighted by Crippen LogP contribution is 2.35. The average molecular weight is 912 g/mol. The molecule has 0 bridgehead atoms. The van der Waals surface area contributed by atoms with Crippen molar-refractivity contribution in [3.63, 3.8) is 0 Å². The lowest BCUT2D eigenvalue weighted by Gasteiger charge is -2.50. The van der Waals surface area contributed by atoms with E-state index in [2.05, 4.69) is 16.0 Å². The summed E-state index contributed by atoms with van der Waals surface area (Å²) >= 11 is 0. The summed E-state index contributed by atoms with van der Waals surface area (Å²) in [7, 11) is 3.62. The molecule has 4 aliphatic rings. The van der Waals surface area contributed by atoms with Crippen LogP contribution in [0.1, 0.15) is 12.5 Å². The van der Waals surface area contributed by atoms with Gasteiger partial charge in [0.1, 0.15) is 79.3 Å². The number of hydrogen-bond donors (Lipinski definition) is 14. The molecule has 1 aromatic carbocycles. The predicted octanol–water partition coefficient (Wildman–Crippen LogP) is -7.20. The Balaban J connectivity index is 1.44. The molecule has 26 nitrogen and oxygen atoms in total. The van der Waals surface area contributed by atoms with Crippen LogP contribution in [-0.2, 0) is 63.4 Å². The molecule has 4 heterocycles. The fourth-order valence-corrected chi connectivity index (χ4v) is 7.81. The third kappa shape index (κ3) is 11.1. The van der Waals surface area contributed by atoms with Crippen LogP contribution in [0.5, 0.6) is 11.5 Å². The van der Waals surface area contributed by atoms with Gasteiger partial charge < -0.3 is 115 Å². The van der Waals surface area contributed by atoms with Crippen LogP contribution in [0.15, 0.2) is 18.2 Å². The van der Waals surface area contributed by atoms with Crippen molar-refractivity contribution >= 4 is 17.8 Å². The molecule has 14 N–H and O–H groups in total. The summed E-state index contributed by atoms with van der Waals surface area (Å²) in [6.07, 6.45) is -31.9. The zero-order valence-electron chi connectivity index (χ0n) is 34.4. The van der Waals surface area contributed by atoms with Gasteiger partial charge in [-0.05, 0) is 31.2 Å². The number of carboxylic acids is 1. The highest BCUT2D eigenvalue weighted by molar-refractivity contribution is 5.81. The summed E-state index contributed by atoms with van der Waals surface area (Å²) in [5.41, 5.74) is 0.474. The number of ether oxygens (including phenoxy) is 9. The topological polar surface area (TPSA) is 393 Å². The predicted molar refractivity (Wildman–Crippen MR) is 202 cm³/mol. The van der Waals surface area contributed by atoms with E-state index >= 15 is 0 Å². The van der Waals surface area contributed by atoms with Gasteiger partial charge in [0, 0.05) is 27.7 Å². The molecule has 0 radical (unpaired) electrons. The number of aliphatic hydroxyl groups is 8. The number of rotatable bonds is 17. The van der Waals surface area contributed by atoms with E-state index in [9.17, 15) is 70.6 Å². The second-order valence-corrected chi connectivity index (χ2v) is 15.2.